The first-order valence-corrected chi connectivity index (χ1v) is 8.92. The number of guanidine groups is 1. The average Bonchev–Trinajstić information content (AvgIpc) is 2.52. The van der Waals surface area contributed by atoms with Gasteiger partial charge in [-0.2, -0.15) is 11.8 Å². The van der Waals surface area contributed by atoms with Crippen LogP contribution in [0.5, 0.6) is 0 Å². The maximum atomic E-state index is 4.57. The molecule has 0 saturated carbocycles. The Labute approximate surface area is 132 Å². The largest absolute Gasteiger partial charge is 0.370 e. The number of hydrogen-bond donors (Lipinski definition) is 3. The Morgan fingerprint density at radius 1 is 1.24 bits per heavy atom. The van der Waals surface area contributed by atoms with Gasteiger partial charge in [-0.3, -0.25) is 4.99 Å². The van der Waals surface area contributed by atoms with Gasteiger partial charge in [0.25, 0.3) is 0 Å². The zero-order valence-corrected chi connectivity index (χ0v) is 13.9. The van der Waals surface area contributed by atoms with E-state index in [0.717, 1.165) is 56.6 Å². The molecule has 0 spiro atoms. The Morgan fingerprint density at radius 2 is 2.14 bits per heavy atom. The smallest absolute Gasteiger partial charge is 0.191 e. The Bertz CT molecular complexity index is 383. The maximum absolute atomic E-state index is 4.57. The number of nitrogens with zero attached hydrogens (tertiary/aromatic N) is 2. The molecule has 0 fully saturated rings. The van der Waals surface area contributed by atoms with Crippen molar-refractivity contribution >= 4 is 23.5 Å². The molecule has 0 saturated heterocycles. The molecule has 6 heteroatoms. The number of nitrogens with one attached hydrogen (secondary N) is 3. The number of anilines is 1. The summed E-state index contributed by atoms with van der Waals surface area (Å²) in [6.07, 6.45) is 6.07. The molecule has 5 nitrogen and oxygen atoms in total. The van der Waals surface area contributed by atoms with Crippen LogP contribution in [0.4, 0.5) is 5.82 Å². The van der Waals surface area contributed by atoms with E-state index in [1.165, 1.54) is 0 Å². The number of pyridine rings is 1. The number of rotatable bonds is 10. The zero-order valence-electron chi connectivity index (χ0n) is 13.1. The normalized spacial score (nSPS) is 11.2. The summed E-state index contributed by atoms with van der Waals surface area (Å²) in [5.74, 6) is 2.95. The van der Waals surface area contributed by atoms with Crippen molar-refractivity contribution in [1.82, 2.24) is 15.6 Å². The third-order valence-electron chi connectivity index (χ3n) is 2.77. The monoisotopic (exact) mass is 309 g/mol. The van der Waals surface area contributed by atoms with Crippen molar-refractivity contribution in [2.75, 3.05) is 43.5 Å². The Hall–Kier alpha value is -1.43. The lowest BCUT2D eigenvalue weighted by atomic mass is 10.3. The second-order valence-electron chi connectivity index (χ2n) is 4.53. The van der Waals surface area contributed by atoms with Crippen LogP contribution < -0.4 is 16.0 Å². The highest BCUT2D eigenvalue weighted by Crippen LogP contribution is 2.00. The van der Waals surface area contributed by atoms with Gasteiger partial charge in [0.2, 0.25) is 0 Å². The fourth-order valence-electron chi connectivity index (χ4n) is 1.72. The Balaban J connectivity index is 2.12. The van der Waals surface area contributed by atoms with Crippen molar-refractivity contribution in [1.29, 1.82) is 0 Å². The van der Waals surface area contributed by atoms with Gasteiger partial charge in [-0.15, -0.1) is 0 Å². The van der Waals surface area contributed by atoms with Crippen LogP contribution in [-0.4, -0.2) is 49.1 Å². The summed E-state index contributed by atoms with van der Waals surface area (Å²) in [5.41, 5.74) is 0. The second kappa shape index (κ2) is 12.3. The van der Waals surface area contributed by atoms with E-state index in [2.05, 4.69) is 39.1 Å². The van der Waals surface area contributed by atoms with Crippen molar-refractivity contribution < 1.29 is 0 Å². The van der Waals surface area contributed by atoms with Gasteiger partial charge in [-0.1, -0.05) is 6.07 Å². The van der Waals surface area contributed by atoms with E-state index in [1.54, 1.807) is 6.20 Å². The summed E-state index contributed by atoms with van der Waals surface area (Å²) in [7, 11) is 0. The van der Waals surface area contributed by atoms with E-state index in [0.29, 0.717) is 0 Å². The lowest BCUT2D eigenvalue weighted by molar-refractivity contribution is 0.757. The molecule has 0 aliphatic heterocycles. The van der Waals surface area contributed by atoms with E-state index in [-0.39, 0.29) is 0 Å². The summed E-state index contributed by atoms with van der Waals surface area (Å²) in [6, 6.07) is 5.89. The standard InChI is InChI=1S/C15H27N5S/c1-3-16-15(20-12-13-21-2)19-11-7-6-10-18-14-8-4-5-9-17-14/h4-5,8-9H,3,6-7,10-13H2,1-2H3,(H,17,18)(H2,16,19,20). The van der Waals surface area contributed by atoms with E-state index in [9.17, 15) is 0 Å². The molecule has 0 atom stereocenters. The van der Waals surface area contributed by atoms with Crippen molar-refractivity contribution in [3.63, 3.8) is 0 Å². The molecule has 0 amide bonds. The fraction of sp³-hybridized carbons (Fsp3) is 0.600. The zero-order chi connectivity index (χ0) is 15.2. The minimum atomic E-state index is 0.846. The van der Waals surface area contributed by atoms with Gasteiger partial charge in [0, 0.05) is 38.1 Å². The van der Waals surface area contributed by atoms with Crippen molar-refractivity contribution in [3.8, 4) is 0 Å². The summed E-state index contributed by atoms with van der Waals surface area (Å²) < 4.78 is 0. The SMILES string of the molecule is CCNC(=NCCCCNc1ccccn1)NCCSC. The van der Waals surface area contributed by atoms with Crippen molar-refractivity contribution in [2.45, 2.75) is 19.8 Å². The third-order valence-corrected chi connectivity index (χ3v) is 3.38. The Morgan fingerprint density at radius 3 is 2.86 bits per heavy atom. The summed E-state index contributed by atoms with van der Waals surface area (Å²) in [5, 5.41) is 9.90. The van der Waals surface area contributed by atoms with Crippen LogP contribution in [0.1, 0.15) is 19.8 Å². The fourth-order valence-corrected chi connectivity index (χ4v) is 2.03. The molecular weight excluding hydrogens is 282 g/mol. The molecule has 21 heavy (non-hydrogen) atoms. The molecule has 0 bridgehead atoms. The molecule has 1 aromatic rings. The molecular formula is C15H27N5S. The van der Waals surface area contributed by atoms with Crippen molar-refractivity contribution in [2.24, 2.45) is 4.99 Å². The lowest BCUT2D eigenvalue weighted by Crippen LogP contribution is -2.38. The second-order valence-corrected chi connectivity index (χ2v) is 5.51. The average molecular weight is 309 g/mol. The predicted octanol–water partition coefficient (Wildman–Crippen LogP) is 2.19. The molecule has 1 aromatic heterocycles. The minimum Gasteiger partial charge on any atom is -0.370 e. The van der Waals surface area contributed by atoms with E-state index in [1.807, 2.05) is 30.0 Å². The summed E-state index contributed by atoms with van der Waals surface area (Å²) in [6.45, 7) is 5.71. The molecule has 0 aliphatic carbocycles. The van der Waals surface area contributed by atoms with Crippen molar-refractivity contribution in [3.05, 3.63) is 24.4 Å². The molecule has 1 heterocycles. The first kappa shape index (κ1) is 17.6. The molecule has 118 valence electrons. The molecule has 0 aliphatic rings. The molecule has 1 rings (SSSR count). The maximum Gasteiger partial charge on any atom is 0.191 e. The van der Waals surface area contributed by atoms with Crippen LogP contribution in [0.25, 0.3) is 0 Å². The molecule has 0 unspecified atom stereocenters. The number of hydrogen-bond acceptors (Lipinski definition) is 4. The highest BCUT2D eigenvalue weighted by molar-refractivity contribution is 7.98. The Kier molecular flexibility index (Phi) is 10.3. The predicted molar refractivity (Wildman–Crippen MR) is 94.3 cm³/mol. The van der Waals surface area contributed by atoms with Gasteiger partial charge in [-0.25, -0.2) is 4.98 Å². The first-order chi connectivity index (χ1) is 10.4. The topological polar surface area (TPSA) is 61.3 Å². The van der Waals surface area contributed by atoms with Gasteiger partial charge < -0.3 is 16.0 Å². The lowest BCUT2D eigenvalue weighted by Gasteiger charge is -2.10. The summed E-state index contributed by atoms with van der Waals surface area (Å²) in [4.78, 5) is 8.80. The van der Waals surface area contributed by atoms with Gasteiger partial charge in [-0.05, 0) is 38.2 Å². The van der Waals surface area contributed by atoms with Gasteiger partial charge >= 0.3 is 0 Å². The summed E-state index contributed by atoms with van der Waals surface area (Å²) >= 11 is 1.84. The first-order valence-electron chi connectivity index (χ1n) is 7.53. The van der Waals surface area contributed by atoms with Crippen LogP contribution in [0.3, 0.4) is 0 Å². The number of thioether (sulfide) groups is 1. The van der Waals surface area contributed by atoms with Crippen LogP contribution in [0.15, 0.2) is 29.4 Å². The molecule has 3 N–H and O–H groups in total. The van der Waals surface area contributed by atoms with E-state index >= 15 is 0 Å². The molecule has 0 aromatic carbocycles. The van der Waals surface area contributed by atoms with Gasteiger partial charge in [0.05, 0.1) is 0 Å². The minimum absolute atomic E-state index is 0.846. The highest BCUT2D eigenvalue weighted by Gasteiger charge is 1.96. The van der Waals surface area contributed by atoms with Crippen LogP contribution >= 0.6 is 11.8 Å². The number of unbranched alkanes of at least 4 members (excludes halogenated alkanes) is 1. The van der Waals surface area contributed by atoms with Gasteiger partial charge in [0.15, 0.2) is 5.96 Å². The van der Waals surface area contributed by atoms with E-state index in [4.69, 9.17) is 0 Å². The third kappa shape index (κ3) is 9.18. The number of aliphatic imine (C=N–C) groups is 1. The molecule has 0 radical (unpaired) electrons. The van der Waals surface area contributed by atoms with E-state index < -0.39 is 0 Å². The number of aromatic nitrogens is 1. The highest BCUT2D eigenvalue weighted by atomic mass is 32.2. The quantitative estimate of drug-likeness (QED) is 0.351. The van der Waals surface area contributed by atoms with Gasteiger partial charge in [0.1, 0.15) is 5.82 Å². The van der Waals surface area contributed by atoms with Crippen LogP contribution in [-0.2, 0) is 0 Å². The van der Waals surface area contributed by atoms with Crippen LogP contribution in [0, 0.1) is 0 Å². The van der Waals surface area contributed by atoms with Crippen LogP contribution in [0.2, 0.25) is 0 Å².